The third-order valence-corrected chi connectivity index (χ3v) is 7.16. The van der Waals surface area contributed by atoms with Gasteiger partial charge in [-0.2, -0.15) is 9.97 Å². The number of anilines is 2. The number of nitrogen functional groups attached to an aromatic ring is 1. The Hall–Kier alpha value is -3.87. The monoisotopic (exact) mass is 589 g/mol. The first-order valence-electron chi connectivity index (χ1n) is 12.8. The van der Waals surface area contributed by atoms with Crippen molar-refractivity contribution in [3.05, 3.63) is 45.2 Å². The Morgan fingerprint density at radius 3 is 2.14 bits per heavy atom. The minimum absolute atomic E-state index is 0.0980. The van der Waals surface area contributed by atoms with E-state index in [1.54, 1.807) is 0 Å². The smallest absolute Gasteiger partial charge is 0.351 e. The van der Waals surface area contributed by atoms with E-state index in [0.29, 0.717) is 10.8 Å². The maximum Gasteiger partial charge on any atom is 0.351 e. The summed E-state index contributed by atoms with van der Waals surface area (Å²) in [5.41, 5.74) is 5.93. The Labute approximate surface area is 238 Å². The summed E-state index contributed by atoms with van der Waals surface area (Å²) < 4.78 is 28.8. The number of hydrogen-bond acceptors (Lipinski definition) is 13. The fraction of sp³-hybridized carbons (Fsp3) is 0.538. The molecule has 2 aliphatic rings. The van der Waals surface area contributed by atoms with Crippen molar-refractivity contribution in [2.45, 2.75) is 87.9 Å². The molecule has 0 aliphatic carbocycles. The van der Waals surface area contributed by atoms with Gasteiger partial charge in [-0.25, -0.2) is 14.0 Å². The molecule has 226 valence electrons. The van der Waals surface area contributed by atoms with Gasteiger partial charge < -0.3 is 46.7 Å². The molecule has 2 aromatic heterocycles. The Morgan fingerprint density at radius 2 is 1.57 bits per heavy atom. The van der Waals surface area contributed by atoms with Gasteiger partial charge in [-0.1, -0.05) is 11.8 Å². The average Bonchev–Trinajstić information content (AvgIpc) is 3.33. The van der Waals surface area contributed by atoms with Gasteiger partial charge in [-0.3, -0.25) is 9.13 Å². The zero-order valence-electron chi connectivity index (χ0n) is 23.1. The molecule has 9 N–H and O–H groups in total. The number of hydrogen-bond donors (Lipinski definition) is 7. The first-order valence-corrected chi connectivity index (χ1v) is 12.8. The number of nitrogens with one attached hydrogen (secondary N) is 1. The van der Waals surface area contributed by atoms with E-state index >= 15 is 4.39 Å². The molecule has 4 rings (SSSR count). The lowest BCUT2D eigenvalue weighted by molar-refractivity contribution is -0.0781. The lowest BCUT2D eigenvalue weighted by atomic mass is 9.88. The van der Waals surface area contributed by atoms with E-state index in [4.69, 9.17) is 20.9 Å². The summed E-state index contributed by atoms with van der Waals surface area (Å²) in [6.07, 6.45) is -9.48. The molecule has 10 atom stereocenters. The maximum atomic E-state index is 15.7. The second-order valence-corrected chi connectivity index (χ2v) is 10.1. The minimum atomic E-state index is -2.05. The van der Waals surface area contributed by atoms with Crippen molar-refractivity contribution >= 4 is 11.6 Å². The number of halogens is 1. The van der Waals surface area contributed by atoms with E-state index < -0.39 is 83.2 Å². The summed E-state index contributed by atoms with van der Waals surface area (Å²) in [5.74, 6) is 8.45. The molecular weight excluding hydrogens is 557 g/mol. The van der Waals surface area contributed by atoms with Gasteiger partial charge in [-0.05, 0) is 33.8 Å². The zero-order chi connectivity index (χ0) is 31.1. The molecule has 2 fully saturated rings. The third kappa shape index (κ3) is 5.03. The highest BCUT2D eigenvalue weighted by Crippen LogP contribution is 2.42. The third-order valence-electron chi connectivity index (χ3n) is 7.16. The summed E-state index contributed by atoms with van der Waals surface area (Å²) in [4.78, 5) is 33.4. The van der Waals surface area contributed by atoms with Gasteiger partial charge in [0.25, 0.3) is 0 Å². The first kappa shape index (κ1) is 31.1. The van der Waals surface area contributed by atoms with E-state index in [2.05, 4.69) is 39.0 Å². The number of aromatic nitrogens is 4. The van der Waals surface area contributed by atoms with E-state index in [1.165, 1.54) is 40.0 Å². The topological polar surface area (TPSA) is 233 Å². The summed E-state index contributed by atoms with van der Waals surface area (Å²) in [7, 11) is 0. The van der Waals surface area contributed by atoms with Crippen LogP contribution >= 0.6 is 0 Å². The lowest BCUT2D eigenvalue weighted by Gasteiger charge is -2.34. The largest absolute Gasteiger partial charge is 0.391 e. The molecule has 2 saturated heterocycles. The van der Waals surface area contributed by atoms with Crippen LogP contribution in [0.15, 0.2) is 28.0 Å². The van der Waals surface area contributed by atoms with Crippen LogP contribution in [0, 0.1) is 29.5 Å². The van der Waals surface area contributed by atoms with Crippen LogP contribution in [0.1, 0.15) is 40.2 Å². The molecule has 0 spiro atoms. The van der Waals surface area contributed by atoms with Crippen molar-refractivity contribution in [2.75, 3.05) is 11.1 Å². The molecule has 2 unspecified atom stereocenters. The predicted molar refractivity (Wildman–Crippen MR) is 145 cm³/mol. The Bertz CT molecular complexity index is 1590. The summed E-state index contributed by atoms with van der Waals surface area (Å²) >= 11 is 0. The second kappa shape index (κ2) is 11.4. The van der Waals surface area contributed by atoms with Crippen LogP contribution in [-0.2, 0) is 9.47 Å². The number of aliphatic hydroxyl groups is 4. The van der Waals surface area contributed by atoms with Crippen LogP contribution in [-0.4, -0.2) is 87.2 Å². The van der Waals surface area contributed by atoms with Gasteiger partial charge in [0.2, 0.25) is 0 Å². The van der Waals surface area contributed by atoms with Gasteiger partial charge in [0.1, 0.15) is 30.2 Å². The normalized spacial score (nSPS) is 33.7. The van der Waals surface area contributed by atoms with E-state index in [1.807, 2.05) is 0 Å². The van der Waals surface area contributed by atoms with Gasteiger partial charge in [0, 0.05) is 6.20 Å². The number of nitrogens with two attached hydrogens (primary N) is 2. The Kier molecular flexibility index (Phi) is 8.45. The maximum absolute atomic E-state index is 15.7. The molecule has 0 bridgehead atoms. The van der Waals surface area contributed by atoms with Crippen molar-refractivity contribution in [3.8, 4) is 23.7 Å². The Morgan fingerprint density at radius 1 is 1.00 bits per heavy atom. The van der Waals surface area contributed by atoms with Gasteiger partial charge in [0.15, 0.2) is 35.2 Å². The zero-order valence-corrected chi connectivity index (χ0v) is 23.1. The number of rotatable bonds is 6. The predicted octanol–water partition coefficient (Wildman–Crippen LogP) is -2.61. The van der Waals surface area contributed by atoms with Gasteiger partial charge in [-0.15, -0.1) is 11.8 Å². The molecular formula is C26H32FN7O8. The highest BCUT2D eigenvalue weighted by atomic mass is 19.1. The Balaban J connectivity index is 1.84. The summed E-state index contributed by atoms with van der Waals surface area (Å²) in [6, 6.07) is 1.28. The van der Waals surface area contributed by atoms with Gasteiger partial charge in [0.05, 0.1) is 18.4 Å². The highest BCUT2D eigenvalue weighted by molar-refractivity contribution is 5.46. The van der Waals surface area contributed by atoms with Crippen LogP contribution in [0.3, 0.4) is 0 Å². The molecule has 2 aromatic rings. The highest BCUT2D eigenvalue weighted by Gasteiger charge is 2.59. The van der Waals surface area contributed by atoms with Crippen LogP contribution in [0.2, 0.25) is 0 Å². The van der Waals surface area contributed by atoms with Crippen molar-refractivity contribution in [1.29, 1.82) is 0 Å². The van der Waals surface area contributed by atoms with E-state index in [-0.39, 0.29) is 5.82 Å². The van der Waals surface area contributed by atoms with E-state index in [9.17, 15) is 30.0 Å². The van der Waals surface area contributed by atoms with Crippen molar-refractivity contribution < 1.29 is 34.3 Å². The summed E-state index contributed by atoms with van der Waals surface area (Å²) in [6.45, 7) is 5.52. The van der Waals surface area contributed by atoms with Crippen LogP contribution in [0.5, 0.6) is 0 Å². The first-order chi connectivity index (χ1) is 19.7. The molecule has 0 saturated carbocycles. The number of ether oxygens (including phenoxy) is 2. The second-order valence-electron chi connectivity index (χ2n) is 10.1. The minimum Gasteiger partial charge on any atom is -0.391 e. The average molecular weight is 590 g/mol. The molecule has 15 nitrogen and oxygen atoms in total. The van der Waals surface area contributed by atoms with Crippen LogP contribution < -0.4 is 28.2 Å². The molecule has 42 heavy (non-hydrogen) atoms. The molecule has 16 heteroatoms. The van der Waals surface area contributed by atoms with Crippen molar-refractivity contribution in [2.24, 2.45) is 5.73 Å². The van der Waals surface area contributed by atoms with Crippen LogP contribution in [0.25, 0.3) is 0 Å². The van der Waals surface area contributed by atoms with Crippen molar-refractivity contribution in [3.63, 3.8) is 0 Å². The van der Waals surface area contributed by atoms with Crippen LogP contribution in [0.4, 0.5) is 16.0 Å². The fourth-order valence-electron chi connectivity index (χ4n) is 5.19. The molecule has 4 heterocycles. The molecule has 0 radical (unpaired) electrons. The fourth-order valence-corrected chi connectivity index (χ4v) is 5.19. The standard InChI is InChI=1S/C26H32FN7O8/c1-5-8-25(29)18(37)16(12(3)35)41-21(25)34-11-14(27)20(31-24(34)40)32-26(9-6-2)19(38)17(13(4)36)42-22(26)33-10-7-15(28)30-23(33)39/h7,10-13,16-19,21-22,35-38H,29H2,1-4H3,(H2,28,30,39)(H,31,32,40)/t12-,13-,16+,17+,18-,19-,21+,22+,25?,26?/m0/s1. The quantitative estimate of drug-likeness (QED) is 0.171. The van der Waals surface area contributed by atoms with Gasteiger partial charge >= 0.3 is 11.4 Å². The SMILES string of the molecule is CC#CC1(N)[C@@H](O)[C@@H]([C@H](C)O)O[C@H]1n1cc(F)c(NC2(C#CC)[C@@H](O)[C@@H]([C@H](C)O)O[C@H]2n2ccc(N)nc2=O)nc1=O. The number of nitrogens with zero attached hydrogens (tertiary/aromatic N) is 4. The van der Waals surface area contributed by atoms with E-state index in [0.717, 1.165) is 4.57 Å². The lowest BCUT2D eigenvalue weighted by Crippen LogP contribution is -2.56. The molecule has 2 aliphatic heterocycles. The molecule has 0 aromatic carbocycles. The number of aliphatic hydroxyl groups excluding tert-OH is 4. The molecule has 0 amide bonds. The van der Waals surface area contributed by atoms with Crippen molar-refractivity contribution in [1.82, 2.24) is 19.1 Å². The summed E-state index contributed by atoms with van der Waals surface area (Å²) in [5, 5.41) is 45.0.